The van der Waals surface area contributed by atoms with E-state index in [0.29, 0.717) is 26.2 Å². The Hall–Kier alpha value is -0.690. The lowest BCUT2D eigenvalue weighted by Crippen LogP contribution is -2.46. The van der Waals surface area contributed by atoms with Crippen molar-refractivity contribution in [1.29, 1.82) is 0 Å². The Balaban J connectivity index is 1.29. The summed E-state index contributed by atoms with van der Waals surface area (Å²) in [7, 11) is 0. The minimum absolute atomic E-state index is 0.124. The maximum Gasteiger partial charge on any atom is 0.221 e. The van der Waals surface area contributed by atoms with Gasteiger partial charge in [-0.05, 0) is 12.8 Å². The minimum atomic E-state index is -0.321. The molecule has 3 heterocycles. The van der Waals surface area contributed by atoms with E-state index >= 15 is 0 Å². The van der Waals surface area contributed by atoms with Gasteiger partial charge in [0.05, 0.1) is 19.3 Å². The predicted octanol–water partition coefficient (Wildman–Crippen LogP) is 0.511. The third-order valence-electron chi connectivity index (χ3n) is 4.64. The highest BCUT2D eigenvalue weighted by Crippen LogP contribution is 2.31. The third-order valence-corrected chi connectivity index (χ3v) is 4.64. The molecule has 120 valence electrons. The normalized spacial score (nSPS) is 29.0. The maximum absolute atomic E-state index is 11.8. The second-order valence-electron chi connectivity index (χ2n) is 6.14. The number of amides is 1. The average molecular weight is 298 g/mol. The van der Waals surface area contributed by atoms with Crippen LogP contribution in [0.4, 0.5) is 0 Å². The Morgan fingerprint density at radius 2 is 1.95 bits per heavy atom. The van der Waals surface area contributed by atoms with Crippen molar-refractivity contribution in [2.24, 2.45) is 0 Å². The largest absolute Gasteiger partial charge is 0.376 e. The van der Waals surface area contributed by atoms with Gasteiger partial charge in [0.15, 0.2) is 5.79 Å². The molecule has 0 aromatic rings. The summed E-state index contributed by atoms with van der Waals surface area (Å²) in [5.74, 6) is -0.197. The Bertz CT molecular complexity index is 342. The van der Waals surface area contributed by atoms with Crippen LogP contribution in [0.5, 0.6) is 0 Å². The molecule has 1 atom stereocenters. The first kappa shape index (κ1) is 15.2. The van der Waals surface area contributed by atoms with Crippen molar-refractivity contribution in [2.45, 2.75) is 44.0 Å². The third kappa shape index (κ3) is 4.16. The number of hydrogen-bond acceptors (Lipinski definition) is 5. The molecular formula is C15H26N2O4. The van der Waals surface area contributed by atoms with Crippen molar-refractivity contribution in [3.63, 3.8) is 0 Å². The Kier molecular flexibility index (Phi) is 5.11. The summed E-state index contributed by atoms with van der Waals surface area (Å²) in [4.78, 5) is 14.2. The lowest BCUT2D eigenvalue weighted by molar-refractivity contribution is -0.185. The van der Waals surface area contributed by atoms with Crippen LogP contribution in [0.3, 0.4) is 0 Å². The fourth-order valence-corrected chi connectivity index (χ4v) is 3.28. The Labute approximate surface area is 126 Å². The summed E-state index contributed by atoms with van der Waals surface area (Å²) in [5, 5.41) is 2.97. The highest BCUT2D eigenvalue weighted by atomic mass is 16.7. The Morgan fingerprint density at radius 1 is 1.19 bits per heavy atom. The number of nitrogens with zero attached hydrogens (tertiary/aromatic N) is 1. The number of carbonyl (C=O) groups is 1. The van der Waals surface area contributed by atoms with Crippen molar-refractivity contribution < 1.29 is 19.0 Å². The van der Waals surface area contributed by atoms with Gasteiger partial charge in [0.1, 0.15) is 0 Å². The molecule has 0 aliphatic carbocycles. The van der Waals surface area contributed by atoms with Gasteiger partial charge >= 0.3 is 0 Å². The van der Waals surface area contributed by atoms with Crippen LogP contribution in [-0.4, -0.2) is 68.7 Å². The predicted molar refractivity (Wildman–Crippen MR) is 76.9 cm³/mol. The highest BCUT2D eigenvalue weighted by Gasteiger charge is 2.39. The van der Waals surface area contributed by atoms with Crippen LogP contribution in [-0.2, 0) is 19.0 Å². The molecule has 3 saturated heterocycles. The summed E-state index contributed by atoms with van der Waals surface area (Å²) >= 11 is 0. The molecule has 1 spiro atoms. The molecule has 6 heteroatoms. The number of hydrogen-bond donors (Lipinski definition) is 1. The minimum Gasteiger partial charge on any atom is -0.376 e. The maximum atomic E-state index is 11.8. The molecule has 3 rings (SSSR count). The summed E-state index contributed by atoms with van der Waals surface area (Å²) in [6, 6.07) is 0. The zero-order chi connectivity index (χ0) is 14.5. The lowest BCUT2D eigenvalue weighted by atomic mass is 10.0. The smallest absolute Gasteiger partial charge is 0.221 e. The monoisotopic (exact) mass is 298 g/mol. The molecular weight excluding hydrogens is 272 g/mol. The lowest BCUT2D eigenvalue weighted by Gasteiger charge is -2.37. The number of likely N-dealkylation sites (tertiary alicyclic amines) is 1. The van der Waals surface area contributed by atoms with Gasteiger partial charge in [-0.1, -0.05) is 0 Å². The summed E-state index contributed by atoms with van der Waals surface area (Å²) < 4.78 is 16.9. The molecule has 1 unspecified atom stereocenters. The van der Waals surface area contributed by atoms with Crippen LogP contribution in [0.1, 0.15) is 32.1 Å². The van der Waals surface area contributed by atoms with Gasteiger partial charge in [0, 0.05) is 52.0 Å². The molecule has 1 amide bonds. The molecule has 0 aromatic heterocycles. The van der Waals surface area contributed by atoms with Gasteiger partial charge < -0.3 is 24.4 Å². The van der Waals surface area contributed by atoms with Crippen LogP contribution in [0.2, 0.25) is 0 Å². The standard InChI is InChI=1S/C15H26N2O4/c18-14(16-12-13-2-1-9-19-13)3-6-17-7-4-15(5-8-17)20-10-11-21-15/h13H,1-12H2,(H,16,18). The number of nitrogens with one attached hydrogen (secondary N) is 1. The number of carbonyl (C=O) groups excluding carboxylic acids is 1. The van der Waals surface area contributed by atoms with Crippen LogP contribution in [0.25, 0.3) is 0 Å². The topological polar surface area (TPSA) is 60.0 Å². The highest BCUT2D eigenvalue weighted by molar-refractivity contribution is 5.76. The van der Waals surface area contributed by atoms with E-state index < -0.39 is 0 Å². The van der Waals surface area contributed by atoms with E-state index in [-0.39, 0.29) is 17.8 Å². The van der Waals surface area contributed by atoms with Gasteiger partial charge in [-0.15, -0.1) is 0 Å². The molecule has 3 aliphatic heterocycles. The first-order valence-electron chi connectivity index (χ1n) is 8.14. The summed E-state index contributed by atoms with van der Waals surface area (Å²) in [5.41, 5.74) is 0. The van der Waals surface area contributed by atoms with Crippen LogP contribution >= 0.6 is 0 Å². The second-order valence-corrected chi connectivity index (χ2v) is 6.14. The summed E-state index contributed by atoms with van der Waals surface area (Å²) in [6.07, 6.45) is 4.77. The van der Waals surface area contributed by atoms with Gasteiger partial charge in [-0.3, -0.25) is 4.79 Å². The molecule has 21 heavy (non-hydrogen) atoms. The van der Waals surface area contributed by atoms with Gasteiger partial charge in [0.25, 0.3) is 0 Å². The molecule has 0 aromatic carbocycles. The summed E-state index contributed by atoms with van der Waals surface area (Å²) in [6.45, 7) is 5.62. The van der Waals surface area contributed by atoms with E-state index in [0.717, 1.165) is 51.9 Å². The number of piperidine rings is 1. The molecule has 6 nitrogen and oxygen atoms in total. The van der Waals surface area contributed by atoms with Crippen LogP contribution < -0.4 is 5.32 Å². The zero-order valence-electron chi connectivity index (χ0n) is 12.6. The number of rotatable bonds is 5. The van der Waals surface area contributed by atoms with Crippen LogP contribution in [0, 0.1) is 0 Å². The van der Waals surface area contributed by atoms with Gasteiger partial charge in [-0.25, -0.2) is 0 Å². The fourth-order valence-electron chi connectivity index (χ4n) is 3.28. The van der Waals surface area contributed by atoms with Crippen molar-refractivity contribution >= 4 is 5.91 Å². The molecule has 3 fully saturated rings. The van der Waals surface area contributed by atoms with E-state index in [9.17, 15) is 4.79 Å². The van der Waals surface area contributed by atoms with E-state index in [1.165, 1.54) is 0 Å². The van der Waals surface area contributed by atoms with Crippen molar-refractivity contribution in [1.82, 2.24) is 10.2 Å². The second kappa shape index (κ2) is 7.05. The molecule has 0 saturated carbocycles. The quantitative estimate of drug-likeness (QED) is 0.801. The van der Waals surface area contributed by atoms with E-state index in [2.05, 4.69) is 10.2 Å². The van der Waals surface area contributed by atoms with Gasteiger partial charge in [0.2, 0.25) is 5.91 Å². The molecule has 3 aliphatic rings. The first-order chi connectivity index (χ1) is 10.3. The average Bonchev–Trinajstić information content (AvgIpc) is 3.17. The van der Waals surface area contributed by atoms with Crippen molar-refractivity contribution in [2.75, 3.05) is 46.0 Å². The zero-order valence-corrected chi connectivity index (χ0v) is 12.6. The van der Waals surface area contributed by atoms with Gasteiger partial charge in [-0.2, -0.15) is 0 Å². The van der Waals surface area contributed by atoms with E-state index in [1.54, 1.807) is 0 Å². The fraction of sp³-hybridized carbons (Fsp3) is 0.933. The molecule has 0 radical (unpaired) electrons. The molecule has 1 N–H and O–H groups in total. The van der Waals surface area contributed by atoms with Crippen molar-refractivity contribution in [3.8, 4) is 0 Å². The SMILES string of the molecule is O=C(CCN1CCC2(CC1)OCCO2)NCC1CCCO1. The van der Waals surface area contributed by atoms with E-state index in [4.69, 9.17) is 14.2 Å². The number of ether oxygens (including phenoxy) is 3. The Morgan fingerprint density at radius 3 is 2.62 bits per heavy atom. The van der Waals surface area contributed by atoms with Crippen LogP contribution in [0.15, 0.2) is 0 Å². The van der Waals surface area contributed by atoms with E-state index in [1.807, 2.05) is 0 Å². The first-order valence-corrected chi connectivity index (χ1v) is 8.14. The molecule has 0 bridgehead atoms. The van der Waals surface area contributed by atoms with Crippen molar-refractivity contribution in [3.05, 3.63) is 0 Å².